The third kappa shape index (κ3) is 2.68. The molecule has 2 unspecified atom stereocenters. The topological polar surface area (TPSA) is 64.8 Å². The van der Waals surface area contributed by atoms with Gasteiger partial charge in [0, 0.05) is 18.2 Å². The van der Waals surface area contributed by atoms with Crippen molar-refractivity contribution in [3.63, 3.8) is 0 Å². The monoisotopic (exact) mass is 292 g/mol. The van der Waals surface area contributed by atoms with Crippen molar-refractivity contribution in [2.24, 2.45) is 0 Å². The van der Waals surface area contributed by atoms with E-state index in [0.29, 0.717) is 23.6 Å². The lowest BCUT2D eigenvalue weighted by Gasteiger charge is -2.36. The van der Waals surface area contributed by atoms with Crippen molar-refractivity contribution >= 4 is 5.69 Å². The van der Waals surface area contributed by atoms with Crippen LogP contribution in [0.3, 0.4) is 0 Å². The predicted molar refractivity (Wildman–Crippen MR) is 77.9 cm³/mol. The molecule has 2 heterocycles. The molecule has 0 N–H and O–H groups in total. The van der Waals surface area contributed by atoms with Gasteiger partial charge < -0.3 is 14.4 Å². The van der Waals surface area contributed by atoms with Crippen molar-refractivity contribution in [2.75, 3.05) is 14.2 Å². The molecule has 0 spiro atoms. The fraction of sp³-hybridized carbons (Fsp3) is 0.600. The van der Waals surface area contributed by atoms with Gasteiger partial charge in [0.1, 0.15) is 6.10 Å². The van der Waals surface area contributed by atoms with Crippen LogP contribution in [0.15, 0.2) is 18.2 Å². The van der Waals surface area contributed by atoms with E-state index < -0.39 is 4.92 Å². The Hall–Kier alpha value is -1.82. The van der Waals surface area contributed by atoms with Crippen molar-refractivity contribution in [3.8, 4) is 11.5 Å². The van der Waals surface area contributed by atoms with Crippen LogP contribution in [0.5, 0.6) is 11.5 Å². The van der Waals surface area contributed by atoms with Gasteiger partial charge >= 0.3 is 0 Å². The molecule has 0 radical (unpaired) electrons. The summed E-state index contributed by atoms with van der Waals surface area (Å²) in [5.41, 5.74) is 0.0163. The Morgan fingerprint density at radius 2 is 1.90 bits per heavy atom. The third-order valence-electron chi connectivity index (χ3n) is 4.71. The predicted octanol–water partition coefficient (Wildman–Crippen LogP) is 2.61. The van der Waals surface area contributed by atoms with Gasteiger partial charge in [0.15, 0.2) is 11.5 Å². The summed E-state index contributed by atoms with van der Waals surface area (Å²) in [6, 6.07) is 5.70. The van der Waals surface area contributed by atoms with E-state index in [1.54, 1.807) is 6.07 Å². The minimum atomic E-state index is -0.428. The summed E-state index contributed by atoms with van der Waals surface area (Å²) in [6.07, 6.45) is 4.64. The molecule has 2 fully saturated rings. The zero-order chi connectivity index (χ0) is 15.0. The SMILES string of the molecule is COc1cc([N+](=O)[O-])ccc1OC1CC2CCC(C1)N2C. The molecule has 2 aliphatic heterocycles. The maximum atomic E-state index is 10.8. The summed E-state index contributed by atoms with van der Waals surface area (Å²) in [5.74, 6) is 1.02. The molecule has 2 aliphatic rings. The Labute approximate surface area is 123 Å². The second-order valence-electron chi connectivity index (χ2n) is 5.85. The Bertz CT molecular complexity index is 534. The Morgan fingerprint density at radius 1 is 1.24 bits per heavy atom. The molecule has 6 heteroatoms. The second kappa shape index (κ2) is 5.52. The Kier molecular flexibility index (Phi) is 3.71. The van der Waals surface area contributed by atoms with E-state index in [0.717, 1.165) is 12.8 Å². The molecule has 1 aromatic rings. The summed E-state index contributed by atoms with van der Waals surface area (Å²) >= 11 is 0. The molecule has 0 saturated carbocycles. The highest BCUT2D eigenvalue weighted by Crippen LogP contribution is 2.38. The standard InChI is InChI=1S/C15H20N2O4/c1-16-10-3-4-11(16)8-13(7-10)21-14-6-5-12(17(18)19)9-15(14)20-2/h5-6,9-11,13H,3-4,7-8H2,1-2H3. The molecular formula is C15H20N2O4. The maximum absolute atomic E-state index is 10.8. The molecule has 2 atom stereocenters. The fourth-order valence-corrected chi connectivity index (χ4v) is 3.50. The van der Waals surface area contributed by atoms with Gasteiger partial charge in [0.2, 0.25) is 0 Å². The first kappa shape index (κ1) is 14.1. The lowest BCUT2D eigenvalue weighted by molar-refractivity contribution is -0.385. The van der Waals surface area contributed by atoms with E-state index in [-0.39, 0.29) is 11.8 Å². The Balaban J connectivity index is 1.74. The van der Waals surface area contributed by atoms with Crippen LogP contribution in [0.1, 0.15) is 25.7 Å². The van der Waals surface area contributed by atoms with Crippen molar-refractivity contribution in [3.05, 3.63) is 28.3 Å². The first-order valence-electron chi connectivity index (χ1n) is 7.29. The number of hydrogen-bond acceptors (Lipinski definition) is 5. The zero-order valence-corrected chi connectivity index (χ0v) is 12.3. The molecule has 1 aromatic carbocycles. The number of nitro groups is 1. The van der Waals surface area contributed by atoms with Crippen LogP contribution in [0.4, 0.5) is 5.69 Å². The molecule has 0 aliphatic carbocycles. The van der Waals surface area contributed by atoms with E-state index >= 15 is 0 Å². The number of benzene rings is 1. The van der Waals surface area contributed by atoms with Gasteiger partial charge in [-0.2, -0.15) is 0 Å². The Morgan fingerprint density at radius 3 is 2.48 bits per heavy atom. The van der Waals surface area contributed by atoms with Crippen molar-refractivity contribution in [1.82, 2.24) is 4.90 Å². The van der Waals surface area contributed by atoms with Gasteiger partial charge in [-0.25, -0.2) is 0 Å². The minimum Gasteiger partial charge on any atom is -0.493 e. The molecule has 6 nitrogen and oxygen atoms in total. The number of fused-ring (bicyclic) bond motifs is 2. The lowest BCUT2D eigenvalue weighted by Crippen LogP contribution is -2.43. The molecule has 0 aromatic heterocycles. The van der Waals surface area contributed by atoms with Gasteiger partial charge in [-0.05, 0) is 38.8 Å². The van der Waals surface area contributed by atoms with E-state index in [9.17, 15) is 10.1 Å². The van der Waals surface area contributed by atoms with E-state index in [1.165, 1.54) is 32.1 Å². The summed E-state index contributed by atoms with van der Waals surface area (Å²) in [7, 11) is 3.69. The van der Waals surface area contributed by atoms with E-state index in [2.05, 4.69) is 11.9 Å². The van der Waals surface area contributed by atoms with Crippen LogP contribution in [-0.2, 0) is 0 Å². The van der Waals surface area contributed by atoms with Gasteiger partial charge in [0.05, 0.1) is 18.1 Å². The van der Waals surface area contributed by atoms with Crippen LogP contribution in [0, 0.1) is 10.1 Å². The van der Waals surface area contributed by atoms with Gasteiger partial charge in [-0.15, -0.1) is 0 Å². The number of hydrogen-bond donors (Lipinski definition) is 0. The number of rotatable bonds is 4. The number of ether oxygens (including phenoxy) is 2. The zero-order valence-electron chi connectivity index (χ0n) is 12.3. The quantitative estimate of drug-likeness (QED) is 0.630. The van der Waals surface area contributed by atoms with Crippen molar-refractivity contribution < 1.29 is 14.4 Å². The highest BCUT2D eigenvalue weighted by molar-refractivity contribution is 5.48. The summed E-state index contributed by atoms with van der Waals surface area (Å²) in [4.78, 5) is 12.8. The number of methoxy groups -OCH3 is 1. The van der Waals surface area contributed by atoms with E-state index in [4.69, 9.17) is 9.47 Å². The highest BCUT2D eigenvalue weighted by Gasteiger charge is 2.39. The molecule has 2 saturated heterocycles. The molecule has 0 amide bonds. The van der Waals surface area contributed by atoms with Crippen LogP contribution in [0.25, 0.3) is 0 Å². The normalized spacial score (nSPS) is 28.4. The highest BCUT2D eigenvalue weighted by atomic mass is 16.6. The largest absolute Gasteiger partial charge is 0.493 e. The van der Waals surface area contributed by atoms with E-state index in [1.807, 2.05) is 0 Å². The third-order valence-corrected chi connectivity index (χ3v) is 4.71. The number of piperidine rings is 1. The molecular weight excluding hydrogens is 272 g/mol. The first-order chi connectivity index (χ1) is 10.1. The summed E-state index contributed by atoms with van der Waals surface area (Å²) < 4.78 is 11.3. The van der Waals surface area contributed by atoms with Crippen molar-refractivity contribution in [2.45, 2.75) is 43.9 Å². The summed E-state index contributed by atoms with van der Waals surface area (Å²) in [5, 5.41) is 10.8. The number of nitro benzene ring substituents is 1. The van der Waals surface area contributed by atoms with Crippen molar-refractivity contribution in [1.29, 1.82) is 0 Å². The lowest BCUT2D eigenvalue weighted by atomic mass is 10.0. The average molecular weight is 292 g/mol. The summed E-state index contributed by atoms with van der Waals surface area (Å²) in [6.45, 7) is 0. The average Bonchev–Trinajstić information content (AvgIpc) is 2.70. The van der Waals surface area contributed by atoms with Crippen LogP contribution in [-0.4, -0.2) is 42.2 Å². The van der Waals surface area contributed by atoms with Gasteiger partial charge in [-0.3, -0.25) is 10.1 Å². The molecule has 114 valence electrons. The first-order valence-corrected chi connectivity index (χ1v) is 7.29. The molecule has 21 heavy (non-hydrogen) atoms. The molecule has 2 bridgehead atoms. The number of nitrogens with zero attached hydrogens (tertiary/aromatic N) is 2. The van der Waals surface area contributed by atoms with Gasteiger partial charge in [-0.1, -0.05) is 0 Å². The smallest absolute Gasteiger partial charge is 0.273 e. The van der Waals surface area contributed by atoms with Crippen LogP contribution >= 0.6 is 0 Å². The molecule has 3 rings (SSSR count). The fourth-order valence-electron chi connectivity index (χ4n) is 3.50. The van der Waals surface area contributed by atoms with Crippen LogP contribution in [0.2, 0.25) is 0 Å². The van der Waals surface area contributed by atoms with Gasteiger partial charge in [0.25, 0.3) is 5.69 Å². The maximum Gasteiger partial charge on any atom is 0.273 e. The number of non-ortho nitro benzene ring substituents is 1. The van der Waals surface area contributed by atoms with Crippen LogP contribution < -0.4 is 9.47 Å². The minimum absolute atomic E-state index is 0.0163. The second-order valence-corrected chi connectivity index (χ2v) is 5.85.